The fraction of sp³-hybridized carbons (Fsp3) is 0.455. The lowest BCUT2D eigenvalue weighted by molar-refractivity contribution is -0.0226. The Bertz CT molecular complexity index is 650. The molecule has 4 unspecified atom stereocenters. The van der Waals surface area contributed by atoms with Gasteiger partial charge in [-0.2, -0.15) is 0 Å². The first-order valence-electron chi connectivity index (χ1n) is 5.70. The van der Waals surface area contributed by atoms with Crippen molar-refractivity contribution in [2.45, 2.75) is 24.4 Å². The number of nitrogens with one attached hydrogen (secondary N) is 1. The molecule has 4 atom stereocenters. The van der Waals surface area contributed by atoms with Gasteiger partial charge in [-0.1, -0.05) is 0 Å². The number of ether oxygens (including phenoxy) is 1. The molecule has 4 N–H and O–H groups in total. The predicted molar refractivity (Wildman–Crippen MR) is 61.3 cm³/mol. The van der Waals surface area contributed by atoms with Crippen LogP contribution in [0.25, 0.3) is 11.1 Å². The summed E-state index contributed by atoms with van der Waals surface area (Å²) in [6, 6.07) is 0. The molecule has 3 heterocycles. The molecule has 1 aliphatic heterocycles. The average Bonchev–Trinajstić information content (AvgIpc) is 2.94. The van der Waals surface area contributed by atoms with Gasteiger partial charge in [0, 0.05) is 5.56 Å². The zero-order valence-electron chi connectivity index (χ0n) is 9.68. The van der Waals surface area contributed by atoms with Crippen molar-refractivity contribution in [3.05, 3.63) is 28.5 Å². The van der Waals surface area contributed by atoms with Crippen LogP contribution < -0.4 is 5.56 Å². The first-order valence-corrected chi connectivity index (χ1v) is 5.70. The quantitative estimate of drug-likeness (QED) is 0.531. The van der Waals surface area contributed by atoms with E-state index in [1.54, 1.807) is 0 Å². The van der Waals surface area contributed by atoms with E-state index >= 15 is 0 Å². The van der Waals surface area contributed by atoms with Gasteiger partial charge in [0.15, 0.2) is 0 Å². The number of H-pyrrole nitrogens is 1. The summed E-state index contributed by atoms with van der Waals surface area (Å²) < 4.78 is 10.5. The minimum absolute atomic E-state index is 0.0234. The Kier molecular flexibility index (Phi) is 2.86. The van der Waals surface area contributed by atoms with Gasteiger partial charge >= 0.3 is 0 Å². The first kappa shape index (κ1) is 12.3. The number of aliphatic hydroxyl groups excluding tert-OH is 3. The SMILES string of the molecule is O=c1[nH]cnc2c(C3OC(CO)C(O)C3O)coc12. The largest absolute Gasteiger partial charge is 0.456 e. The molecule has 0 radical (unpaired) electrons. The molecule has 0 spiro atoms. The predicted octanol–water partition coefficient (Wildman–Crippen LogP) is -1.33. The zero-order valence-corrected chi connectivity index (χ0v) is 9.68. The van der Waals surface area contributed by atoms with Crippen molar-refractivity contribution in [1.82, 2.24) is 9.97 Å². The minimum Gasteiger partial charge on any atom is -0.456 e. The standard InChI is InChI=1S/C11H12N2O6/c14-1-5-7(15)8(16)9(19-5)4-2-18-10-6(4)12-3-13-11(10)17/h2-3,5,7-9,14-16H,1H2,(H,12,13,17). The van der Waals surface area contributed by atoms with Crippen molar-refractivity contribution in [3.63, 3.8) is 0 Å². The molecule has 8 heteroatoms. The maximum atomic E-state index is 11.5. The Morgan fingerprint density at radius 2 is 2.16 bits per heavy atom. The van der Waals surface area contributed by atoms with Gasteiger partial charge in [-0.25, -0.2) is 4.98 Å². The summed E-state index contributed by atoms with van der Waals surface area (Å²) in [6.07, 6.45) is -1.74. The number of rotatable bonds is 2. The third kappa shape index (κ3) is 1.77. The van der Waals surface area contributed by atoms with Gasteiger partial charge in [0.25, 0.3) is 5.56 Å². The molecule has 2 aromatic rings. The number of hydrogen-bond donors (Lipinski definition) is 4. The molecule has 0 bridgehead atoms. The normalized spacial score (nSPS) is 31.1. The monoisotopic (exact) mass is 268 g/mol. The minimum atomic E-state index is -1.22. The molecule has 0 aliphatic carbocycles. The molecule has 8 nitrogen and oxygen atoms in total. The maximum Gasteiger partial charge on any atom is 0.294 e. The molecule has 19 heavy (non-hydrogen) atoms. The lowest BCUT2D eigenvalue weighted by Gasteiger charge is -2.12. The van der Waals surface area contributed by atoms with E-state index in [-0.39, 0.29) is 11.1 Å². The fourth-order valence-corrected chi connectivity index (χ4v) is 2.24. The van der Waals surface area contributed by atoms with Crippen LogP contribution in [0.4, 0.5) is 0 Å². The van der Waals surface area contributed by atoms with Gasteiger partial charge in [0.2, 0.25) is 5.58 Å². The smallest absolute Gasteiger partial charge is 0.294 e. The van der Waals surface area contributed by atoms with Crippen molar-refractivity contribution in [2.24, 2.45) is 0 Å². The second-order valence-corrected chi connectivity index (χ2v) is 4.36. The van der Waals surface area contributed by atoms with Crippen LogP contribution in [0.5, 0.6) is 0 Å². The number of aliphatic hydroxyl groups is 3. The van der Waals surface area contributed by atoms with Gasteiger partial charge in [0.1, 0.15) is 29.9 Å². The van der Waals surface area contributed by atoms with E-state index in [1.807, 2.05) is 0 Å². The third-order valence-corrected chi connectivity index (χ3v) is 3.24. The molecule has 102 valence electrons. The van der Waals surface area contributed by atoms with Crippen LogP contribution in [-0.4, -0.2) is 50.2 Å². The van der Waals surface area contributed by atoms with Crippen molar-refractivity contribution in [1.29, 1.82) is 0 Å². The van der Waals surface area contributed by atoms with E-state index < -0.39 is 36.6 Å². The Balaban J connectivity index is 2.06. The highest BCUT2D eigenvalue weighted by molar-refractivity contribution is 5.75. The summed E-state index contributed by atoms with van der Waals surface area (Å²) in [6.45, 7) is -0.418. The highest BCUT2D eigenvalue weighted by atomic mass is 16.6. The van der Waals surface area contributed by atoms with Crippen molar-refractivity contribution in [3.8, 4) is 0 Å². The number of nitrogens with zero attached hydrogens (tertiary/aromatic N) is 1. The second-order valence-electron chi connectivity index (χ2n) is 4.36. The highest BCUT2D eigenvalue weighted by Gasteiger charge is 2.44. The summed E-state index contributed by atoms with van der Waals surface area (Å²) in [5.74, 6) is 0. The van der Waals surface area contributed by atoms with Crippen LogP contribution in [0.15, 0.2) is 21.8 Å². The Morgan fingerprint density at radius 3 is 2.84 bits per heavy atom. The van der Waals surface area contributed by atoms with E-state index in [0.717, 1.165) is 0 Å². The highest BCUT2D eigenvalue weighted by Crippen LogP contribution is 2.36. The van der Waals surface area contributed by atoms with Gasteiger partial charge in [-0.3, -0.25) is 4.79 Å². The lowest BCUT2D eigenvalue weighted by Crippen LogP contribution is -2.32. The van der Waals surface area contributed by atoms with Crippen LogP contribution >= 0.6 is 0 Å². The number of furan rings is 1. The molecule has 3 rings (SSSR count). The lowest BCUT2D eigenvalue weighted by atomic mass is 10.0. The molecular weight excluding hydrogens is 256 g/mol. The summed E-state index contributed by atoms with van der Waals surface area (Å²) in [5, 5.41) is 28.7. The van der Waals surface area contributed by atoms with Crippen LogP contribution in [0.3, 0.4) is 0 Å². The van der Waals surface area contributed by atoms with Gasteiger partial charge in [-0.05, 0) is 0 Å². The van der Waals surface area contributed by atoms with E-state index in [1.165, 1.54) is 12.6 Å². The molecule has 2 aromatic heterocycles. The number of aromatic amines is 1. The average molecular weight is 268 g/mol. The van der Waals surface area contributed by atoms with Crippen molar-refractivity contribution < 1.29 is 24.5 Å². The van der Waals surface area contributed by atoms with Crippen molar-refractivity contribution >= 4 is 11.1 Å². The van der Waals surface area contributed by atoms with Gasteiger partial charge in [0.05, 0.1) is 19.2 Å². The van der Waals surface area contributed by atoms with E-state index in [9.17, 15) is 15.0 Å². The number of hydrogen-bond acceptors (Lipinski definition) is 7. The summed E-state index contributed by atoms with van der Waals surface area (Å²) in [5.41, 5.74) is 0.209. The van der Waals surface area contributed by atoms with Crippen LogP contribution in [0.2, 0.25) is 0 Å². The van der Waals surface area contributed by atoms with E-state index in [0.29, 0.717) is 5.56 Å². The van der Waals surface area contributed by atoms with Crippen molar-refractivity contribution in [2.75, 3.05) is 6.61 Å². The first-order chi connectivity index (χ1) is 9.13. The summed E-state index contributed by atoms with van der Waals surface area (Å²) in [4.78, 5) is 17.8. The van der Waals surface area contributed by atoms with E-state index in [2.05, 4.69) is 9.97 Å². The van der Waals surface area contributed by atoms with Crippen LogP contribution in [0, 0.1) is 0 Å². The summed E-state index contributed by atoms with van der Waals surface area (Å²) in [7, 11) is 0. The zero-order chi connectivity index (χ0) is 13.6. The number of aromatic nitrogens is 2. The Hall–Kier alpha value is -1.74. The van der Waals surface area contributed by atoms with Crippen LogP contribution in [0.1, 0.15) is 11.7 Å². The summed E-state index contributed by atoms with van der Waals surface area (Å²) >= 11 is 0. The molecule has 0 aromatic carbocycles. The fourth-order valence-electron chi connectivity index (χ4n) is 2.24. The second kappa shape index (κ2) is 4.42. The van der Waals surface area contributed by atoms with Crippen LogP contribution in [-0.2, 0) is 4.74 Å². The molecule has 0 saturated carbocycles. The van der Waals surface area contributed by atoms with E-state index in [4.69, 9.17) is 14.3 Å². The molecule has 1 saturated heterocycles. The molecule has 1 aliphatic rings. The topological polar surface area (TPSA) is 129 Å². The van der Waals surface area contributed by atoms with Gasteiger partial charge < -0.3 is 29.5 Å². The Labute approximate surface area is 106 Å². The number of fused-ring (bicyclic) bond motifs is 1. The Morgan fingerprint density at radius 1 is 1.37 bits per heavy atom. The third-order valence-electron chi connectivity index (χ3n) is 3.24. The van der Waals surface area contributed by atoms with Gasteiger partial charge in [-0.15, -0.1) is 0 Å². The molecule has 0 amide bonds. The molecule has 1 fully saturated rings. The maximum absolute atomic E-state index is 11.5. The molecular formula is C11H12N2O6.